The molecule has 0 bridgehead atoms. The van der Waals surface area contributed by atoms with Gasteiger partial charge in [-0.1, -0.05) is 297 Å². The van der Waals surface area contributed by atoms with Crippen molar-refractivity contribution in [3.8, 4) is 79.1 Å². The molecule has 10 nitrogen and oxygen atoms in total. The first-order valence-corrected chi connectivity index (χ1v) is 51.0. The van der Waals surface area contributed by atoms with E-state index in [1.165, 1.54) is 119 Å². The Morgan fingerprint density at radius 3 is 0.642 bits per heavy atom. The van der Waals surface area contributed by atoms with Crippen molar-refractivity contribution in [1.29, 1.82) is 0 Å². The van der Waals surface area contributed by atoms with Gasteiger partial charge in [-0.3, -0.25) is 0 Å². The second-order valence-electron chi connectivity index (χ2n) is 39.8. The van der Waals surface area contributed by atoms with Crippen LogP contribution in [-0.2, 0) is 0 Å². The highest BCUT2D eigenvalue weighted by molar-refractivity contribution is 6.22. The van der Waals surface area contributed by atoms with Crippen LogP contribution in [0, 0.1) is 0 Å². The summed E-state index contributed by atoms with van der Waals surface area (Å²) in [6.07, 6.45) is 0. The summed E-state index contributed by atoms with van der Waals surface area (Å²) >= 11 is 0. The molecule has 0 spiro atoms. The zero-order valence-electron chi connectivity index (χ0n) is 80.0. The van der Waals surface area contributed by atoms with Gasteiger partial charge in [0.25, 0.3) is 0 Å². The lowest BCUT2D eigenvalue weighted by Gasteiger charge is -2.23. The summed E-state index contributed by atoms with van der Waals surface area (Å²) < 4.78 is 25.0. The van der Waals surface area contributed by atoms with Crippen molar-refractivity contribution in [2.45, 2.75) is 0 Å². The first-order valence-electron chi connectivity index (χ1n) is 51.0. The van der Waals surface area contributed by atoms with Crippen molar-refractivity contribution in [1.82, 2.24) is 45.7 Å². The lowest BCUT2D eigenvalue weighted by atomic mass is 9.99. The minimum atomic E-state index is 1.05. The van der Waals surface area contributed by atoms with E-state index in [2.05, 4.69) is 555 Å². The SMILES string of the molecule is c1ccc(-n2c3ccccc3c3cc(-n4c5ccccc5c5cc(-n6c7ccccc7c7c(-c8ccc(-n9c%10ccc(-n%11c%12ccccc%12c%12ccccc%12%11)cc%10c%10cc(-n%11c%12ccccc%12c%12ccc(-c%13ccc%14c(c%13)c%13ccccc%13n%14-c%13cc(-n%14c%15ccccc%15c%15ccccc%15%14)c(-n%14c%15ccccc%15c%15ccccc%15%14)cc%13-n%13c%14ccccc%14c%14ccccc%14%13)cc%12%11)ccc%109)cc8)cccc76)ccc54)ccc32)cc1. The minimum Gasteiger partial charge on any atom is -0.309 e. The number of para-hydroxylation sites is 14. The Hall–Kier alpha value is -19.9. The molecule has 0 aliphatic rings. The molecule has 0 N–H and O–H groups in total. The van der Waals surface area contributed by atoms with E-state index in [0.717, 1.165) is 178 Å². The van der Waals surface area contributed by atoms with E-state index in [-0.39, 0.29) is 0 Å². The van der Waals surface area contributed by atoms with Crippen molar-refractivity contribution in [2.75, 3.05) is 0 Å². The van der Waals surface area contributed by atoms with Gasteiger partial charge < -0.3 is 45.7 Å². The molecule has 33 aromatic rings. The summed E-state index contributed by atoms with van der Waals surface area (Å²) in [6.45, 7) is 0. The fraction of sp³-hybridized carbons (Fsp3) is 0. The molecule has 10 aromatic heterocycles. The third-order valence-corrected chi connectivity index (χ3v) is 32.3. The van der Waals surface area contributed by atoms with Gasteiger partial charge in [0.05, 0.1) is 133 Å². The van der Waals surface area contributed by atoms with E-state index in [4.69, 9.17) is 0 Å². The Morgan fingerprint density at radius 2 is 0.297 bits per heavy atom. The average molecular weight is 1880 g/mol. The van der Waals surface area contributed by atoms with Crippen molar-refractivity contribution in [3.05, 3.63) is 510 Å². The predicted molar refractivity (Wildman–Crippen MR) is 621 cm³/mol. The van der Waals surface area contributed by atoms with E-state index in [9.17, 15) is 0 Å². The molecule has 0 atom stereocenters. The Balaban J connectivity index is 0.539. The van der Waals surface area contributed by atoms with Crippen LogP contribution in [0.4, 0.5) is 0 Å². The van der Waals surface area contributed by atoms with Gasteiger partial charge in [0.1, 0.15) is 0 Å². The van der Waals surface area contributed by atoms with Crippen LogP contribution in [-0.4, -0.2) is 45.7 Å². The monoisotopic (exact) mass is 1880 g/mol. The molecule has 10 heterocycles. The Morgan fingerprint density at radius 1 is 0.0946 bits per heavy atom. The highest BCUT2D eigenvalue weighted by Crippen LogP contribution is 2.51. The Kier molecular flexibility index (Phi) is 16.8. The summed E-state index contributed by atoms with van der Waals surface area (Å²) in [5, 5.41) is 23.9. The number of nitrogens with zero attached hydrogens (tertiary/aromatic N) is 10. The number of fused-ring (bicyclic) bond motifs is 30. The van der Waals surface area contributed by atoms with Crippen LogP contribution in [0.5, 0.6) is 0 Å². The topological polar surface area (TPSA) is 49.3 Å². The van der Waals surface area contributed by atoms with Gasteiger partial charge in [-0.05, 0) is 235 Å². The van der Waals surface area contributed by atoms with Crippen LogP contribution in [0.1, 0.15) is 0 Å². The fourth-order valence-corrected chi connectivity index (χ4v) is 26.1. The molecule has 0 fully saturated rings. The van der Waals surface area contributed by atoms with Gasteiger partial charge in [-0.2, -0.15) is 0 Å². The Labute approximate surface area is 846 Å². The number of benzene rings is 23. The molecule has 0 aliphatic carbocycles. The quantitative estimate of drug-likeness (QED) is 0.117. The summed E-state index contributed by atoms with van der Waals surface area (Å²) in [4.78, 5) is 0. The molecular weight excluding hydrogens is 1800 g/mol. The third kappa shape index (κ3) is 11.3. The van der Waals surface area contributed by atoms with Crippen LogP contribution < -0.4 is 0 Å². The maximum atomic E-state index is 2.56. The highest BCUT2D eigenvalue weighted by Gasteiger charge is 2.31. The standard InChI is InChI=1S/C138H84N10/c1-2-31-88(32-3-1)139-117-50-20-13-43-105(117)110-79-90(67-73-127(110)139)142-118-51-21-14-44-106(118)111-80-92(69-74-128(111)142)143-126-59-29-16-45-108(126)138-94(46-30-60-132(138)143)85-61-65-89(66-62-85)140-129-75-68-91(141-114-47-17-4-33-95(114)96-34-5-18-48-115(96)141)81-112(129)113-82-93(70-76-130(113)140)144-116-49-19-6-41-103(116)107-71-63-87(78-133(107)144)86-64-72-131-109(77-86)104-42-15-28-58-125(104)148(131)137-84-135(146-121-54-24-9-37-99(121)100-38-10-25-55-122(100)146)134(145-119-52-22-7-35-97(119)98-36-8-23-53-120(98)145)83-136(137)147-123-56-26-11-39-101(123)102-40-12-27-57-124(102)147/h1-84H. The molecule has 0 unspecified atom stereocenters. The van der Waals surface area contributed by atoms with E-state index in [0.29, 0.717) is 0 Å². The molecular formula is C138H84N10. The van der Waals surface area contributed by atoms with Gasteiger partial charge in [0, 0.05) is 142 Å². The average Bonchev–Trinajstić information content (AvgIpc) is 1.54. The summed E-state index contributed by atoms with van der Waals surface area (Å²) in [6, 6.07) is 191. The summed E-state index contributed by atoms with van der Waals surface area (Å²) in [7, 11) is 0. The van der Waals surface area contributed by atoms with Crippen LogP contribution >= 0.6 is 0 Å². The molecule has 23 aromatic carbocycles. The smallest absolute Gasteiger partial charge is 0.0725 e. The maximum absolute atomic E-state index is 2.56. The molecule has 686 valence electrons. The van der Waals surface area contributed by atoms with Crippen molar-refractivity contribution >= 4 is 218 Å². The zero-order chi connectivity index (χ0) is 96.3. The van der Waals surface area contributed by atoms with Crippen LogP contribution in [0.3, 0.4) is 0 Å². The van der Waals surface area contributed by atoms with E-state index in [1.807, 2.05) is 0 Å². The lowest BCUT2D eigenvalue weighted by Crippen LogP contribution is -2.10. The molecule has 33 rings (SSSR count). The molecule has 0 saturated carbocycles. The van der Waals surface area contributed by atoms with E-state index < -0.39 is 0 Å². The number of hydrogen-bond donors (Lipinski definition) is 0. The number of aromatic nitrogens is 10. The van der Waals surface area contributed by atoms with Gasteiger partial charge in [0.15, 0.2) is 0 Å². The second kappa shape index (κ2) is 30.8. The third-order valence-electron chi connectivity index (χ3n) is 32.3. The van der Waals surface area contributed by atoms with Crippen LogP contribution in [0.25, 0.3) is 297 Å². The molecule has 0 radical (unpaired) electrons. The number of rotatable bonds is 12. The maximum Gasteiger partial charge on any atom is 0.0725 e. The number of hydrogen-bond acceptors (Lipinski definition) is 0. The zero-order valence-corrected chi connectivity index (χ0v) is 80.0. The van der Waals surface area contributed by atoms with Gasteiger partial charge in [-0.25, -0.2) is 0 Å². The van der Waals surface area contributed by atoms with Crippen molar-refractivity contribution in [2.24, 2.45) is 0 Å². The van der Waals surface area contributed by atoms with Crippen LogP contribution in [0.2, 0.25) is 0 Å². The molecule has 0 amide bonds. The van der Waals surface area contributed by atoms with Gasteiger partial charge >= 0.3 is 0 Å². The molecule has 0 saturated heterocycles. The fourth-order valence-electron chi connectivity index (χ4n) is 26.1. The summed E-state index contributed by atoms with van der Waals surface area (Å²) in [5.74, 6) is 0. The summed E-state index contributed by atoms with van der Waals surface area (Å²) in [5.41, 5.74) is 38.3. The molecule has 148 heavy (non-hydrogen) atoms. The van der Waals surface area contributed by atoms with Gasteiger partial charge in [-0.15, -0.1) is 0 Å². The van der Waals surface area contributed by atoms with E-state index >= 15 is 0 Å². The van der Waals surface area contributed by atoms with E-state index in [1.54, 1.807) is 0 Å². The molecule has 0 aliphatic heterocycles. The highest BCUT2D eigenvalue weighted by atomic mass is 15.1. The minimum absolute atomic E-state index is 1.05. The Bertz CT molecular complexity index is 11400. The van der Waals surface area contributed by atoms with Gasteiger partial charge in [0.2, 0.25) is 0 Å². The lowest BCUT2D eigenvalue weighted by molar-refractivity contribution is 1.04. The van der Waals surface area contributed by atoms with Crippen molar-refractivity contribution in [3.63, 3.8) is 0 Å². The predicted octanol–water partition coefficient (Wildman–Crippen LogP) is 36.0. The second-order valence-corrected chi connectivity index (χ2v) is 39.8. The van der Waals surface area contributed by atoms with Crippen LogP contribution in [0.15, 0.2) is 510 Å². The first-order chi connectivity index (χ1) is 73.5. The molecule has 10 heteroatoms. The first kappa shape index (κ1) is 80.7. The largest absolute Gasteiger partial charge is 0.309 e. The van der Waals surface area contributed by atoms with Crippen molar-refractivity contribution < 1.29 is 0 Å². The normalized spacial score (nSPS) is 12.3.